The standard InChI is InChI=1S/C22H28N4O3/c1-17-3-5-19(6-4-17)15-25(2)22(24-14-20-11-12-29-16-20)23-13-18-7-9-21(10-8-18)26(27)28/h3-10,20H,11-16H2,1-2H3,(H,23,24). The summed E-state index contributed by atoms with van der Waals surface area (Å²) in [5.74, 6) is 1.31. The first kappa shape index (κ1) is 20.8. The first-order chi connectivity index (χ1) is 14.0. The number of nitrogens with zero attached hydrogens (tertiary/aromatic N) is 3. The van der Waals surface area contributed by atoms with Crippen molar-refractivity contribution in [2.24, 2.45) is 10.9 Å². The normalized spacial score (nSPS) is 16.6. The summed E-state index contributed by atoms with van der Waals surface area (Å²) in [5, 5.41) is 14.3. The van der Waals surface area contributed by atoms with Crippen molar-refractivity contribution in [3.05, 3.63) is 75.3 Å². The lowest BCUT2D eigenvalue weighted by Crippen LogP contribution is -2.41. The molecule has 1 heterocycles. The van der Waals surface area contributed by atoms with Gasteiger partial charge in [-0.15, -0.1) is 0 Å². The van der Waals surface area contributed by atoms with Crippen LogP contribution in [0.1, 0.15) is 23.1 Å². The van der Waals surface area contributed by atoms with Crippen LogP contribution in [0.4, 0.5) is 5.69 Å². The van der Waals surface area contributed by atoms with E-state index in [2.05, 4.69) is 41.4 Å². The molecule has 0 aromatic heterocycles. The lowest BCUT2D eigenvalue weighted by molar-refractivity contribution is -0.384. The van der Waals surface area contributed by atoms with Gasteiger partial charge in [0.15, 0.2) is 5.96 Å². The average Bonchev–Trinajstić information content (AvgIpc) is 3.23. The molecule has 1 atom stereocenters. The molecule has 1 aliphatic rings. The third kappa shape index (κ3) is 6.29. The van der Waals surface area contributed by atoms with E-state index >= 15 is 0 Å². The van der Waals surface area contributed by atoms with Crippen LogP contribution in [0.5, 0.6) is 0 Å². The molecule has 2 aromatic rings. The average molecular weight is 396 g/mol. The predicted octanol–water partition coefficient (Wildman–Crippen LogP) is 3.52. The monoisotopic (exact) mass is 396 g/mol. The van der Waals surface area contributed by atoms with Gasteiger partial charge in [0.05, 0.1) is 18.1 Å². The fourth-order valence-corrected chi connectivity index (χ4v) is 3.22. The minimum Gasteiger partial charge on any atom is -0.381 e. The quantitative estimate of drug-likeness (QED) is 0.335. The van der Waals surface area contributed by atoms with Crippen molar-refractivity contribution in [2.45, 2.75) is 26.4 Å². The number of non-ortho nitro benzene ring substituents is 1. The van der Waals surface area contributed by atoms with Crippen molar-refractivity contribution in [3.8, 4) is 0 Å². The molecule has 1 fully saturated rings. The van der Waals surface area contributed by atoms with E-state index < -0.39 is 0 Å². The summed E-state index contributed by atoms with van der Waals surface area (Å²) in [4.78, 5) is 17.3. The van der Waals surface area contributed by atoms with Gasteiger partial charge in [-0.2, -0.15) is 0 Å². The van der Waals surface area contributed by atoms with Crippen LogP contribution in [0.15, 0.2) is 53.5 Å². The number of ether oxygens (including phenoxy) is 1. The summed E-state index contributed by atoms with van der Waals surface area (Å²) in [6, 6.07) is 15.0. The number of guanidine groups is 1. The van der Waals surface area contributed by atoms with Gasteiger partial charge >= 0.3 is 0 Å². The summed E-state index contributed by atoms with van der Waals surface area (Å²) in [7, 11) is 2.02. The van der Waals surface area contributed by atoms with Crippen LogP contribution in [-0.4, -0.2) is 42.6 Å². The van der Waals surface area contributed by atoms with Gasteiger partial charge in [-0.05, 0) is 24.5 Å². The van der Waals surface area contributed by atoms with E-state index in [0.29, 0.717) is 12.5 Å². The van der Waals surface area contributed by atoms with Crippen molar-refractivity contribution in [3.63, 3.8) is 0 Å². The molecule has 0 amide bonds. The van der Waals surface area contributed by atoms with Crippen molar-refractivity contribution in [1.82, 2.24) is 10.2 Å². The van der Waals surface area contributed by atoms with E-state index in [1.165, 1.54) is 23.3 Å². The molecule has 1 saturated heterocycles. The Hall–Kier alpha value is -2.93. The predicted molar refractivity (Wildman–Crippen MR) is 114 cm³/mol. The molecule has 0 aliphatic carbocycles. The van der Waals surface area contributed by atoms with Gasteiger partial charge in [0, 0.05) is 44.8 Å². The second-order valence-corrected chi connectivity index (χ2v) is 7.52. The molecular formula is C22H28N4O3. The lowest BCUT2D eigenvalue weighted by atomic mass is 10.1. The fourth-order valence-electron chi connectivity index (χ4n) is 3.22. The number of aryl methyl sites for hydroxylation is 1. The maximum absolute atomic E-state index is 10.8. The molecule has 1 aliphatic heterocycles. The number of nitrogens with one attached hydrogen (secondary N) is 1. The van der Waals surface area contributed by atoms with Gasteiger partial charge in [0.25, 0.3) is 5.69 Å². The molecule has 7 heteroatoms. The largest absolute Gasteiger partial charge is 0.381 e. The Kier molecular flexibility index (Phi) is 7.19. The second kappa shape index (κ2) is 10.0. The van der Waals surface area contributed by atoms with E-state index in [9.17, 15) is 10.1 Å². The first-order valence-corrected chi connectivity index (χ1v) is 9.87. The highest BCUT2D eigenvalue weighted by Gasteiger charge is 2.17. The zero-order valence-electron chi connectivity index (χ0n) is 17.0. The van der Waals surface area contributed by atoms with Gasteiger partial charge in [0.2, 0.25) is 0 Å². The van der Waals surface area contributed by atoms with Crippen LogP contribution in [0.3, 0.4) is 0 Å². The van der Waals surface area contributed by atoms with E-state index in [1.807, 2.05) is 7.05 Å². The smallest absolute Gasteiger partial charge is 0.269 e. The fraction of sp³-hybridized carbons (Fsp3) is 0.409. The molecular weight excluding hydrogens is 368 g/mol. The number of hydrogen-bond acceptors (Lipinski definition) is 4. The zero-order valence-corrected chi connectivity index (χ0v) is 17.0. The third-order valence-corrected chi connectivity index (χ3v) is 5.03. The molecule has 0 spiro atoms. The summed E-state index contributed by atoms with van der Waals surface area (Å²) in [6.45, 7) is 5.70. The van der Waals surface area contributed by atoms with E-state index in [-0.39, 0.29) is 10.6 Å². The summed E-state index contributed by atoms with van der Waals surface area (Å²) in [5.41, 5.74) is 3.48. The van der Waals surface area contributed by atoms with Crippen LogP contribution in [0.2, 0.25) is 0 Å². The van der Waals surface area contributed by atoms with Gasteiger partial charge in [-0.3, -0.25) is 10.1 Å². The zero-order chi connectivity index (χ0) is 20.6. The second-order valence-electron chi connectivity index (χ2n) is 7.52. The summed E-state index contributed by atoms with van der Waals surface area (Å²) >= 11 is 0. The molecule has 1 N–H and O–H groups in total. The van der Waals surface area contributed by atoms with E-state index in [0.717, 1.165) is 44.2 Å². The number of benzene rings is 2. The van der Waals surface area contributed by atoms with Gasteiger partial charge in [-0.25, -0.2) is 4.99 Å². The topological polar surface area (TPSA) is 80.0 Å². The minimum atomic E-state index is -0.390. The number of nitro groups is 1. The van der Waals surface area contributed by atoms with Crippen LogP contribution in [-0.2, 0) is 17.8 Å². The molecule has 0 saturated carbocycles. The maximum atomic E-state index is 10.8. The number of nitro benzene ring substituents is 1. The van der Waals surface area contributed by atoms with Crippen molar-refractivity contribution in [2.75, 3.05) is 26.8 Å². The van der Waals surface area contributed by atoms with Crippen molar-refractivity contribution < 1.29 is 9.66 Å². The Labute approximate surface area is 171 Å². The Morgan fingerprint density at radius 1 is 1.21 bits per heavy atom. The van der Waals surface area contributed by atoms with Crippen molar-refractivity contribution in [1.29, 1.82) is 0 Å². The van der Waals surface area contributed by atoms with Crippen LogP contribution < -0.4 is 5.32 Å². The van der Waals surface area contributed by atoms with E-state index in [1.54, 1.807) is 12.1 Å². The highest BCUT2D eigenvalue weighted by atomic mass is 16.6. The van der Waals surface area contributed by atoms with Crippen molar-refractivity contribution >= 4 is 11.6 Å². The number of rotatable bonds is 7. The van der Waals surface area contributed by atoms with Gasteiger partial charge in [-0.1, -0.05) is 42.0 Å². The van der Waals surface area contributed by atoms with Crippen LogP contribution in [0.25, 0.3) is 0 Å². The highest BCUT2D eigenvalue weighted by Crippen LogP contribution is 2.14. The Bertz CT molecular complexity index is 828. The lowest BCUT2D eigenvalue weighted by Gasteiger charge is -2.24. The molecule has 0 bridgehead atoms. The van der Waals surface area contributed by atoms with Gasteiger partial charge in [0.1, 0.15) is 0 Å². The molecule has 3 rings (SSSR count). The maximum Gasteiger partial charge on any atom is 0.269 e. The van der Waals surface area contributed by atoms with Gasteiger partial charge < -0.3 is 15.0 Å². The van der Waals surface area contributed by atoms with Crippen LogP contribution >= 0.6 is 0 Å². The summed E-state index contributed by atoms with van der Waals surface area (Å²) < 4.78 is 5.47. The van der Waals surface area contributed by atoms with Crippen LogP contribution in [0, 0.1) is 23.0 Å². The minimum absolute atomic E-state index is 0.0915. The van der Waals surface area contributed by atoms with E-state index in [4.69, 9.17) is 9.73 Å². The molecule has 154 valence electrons. The first-order valence-electron chi connectivity index (χ1n) is 9.87. The SMILES string of the molecule is Cc1ccc(CN(C)C(=NCc2ccc([N+](=O)[O-])cc2)NCC2CCOC2)cc1. The molecule has 7 nitrogen and oxygen atoms in total. The molecule has 2 aromatic carbocycles. The Morgan fingerprint density at radius 2 is 1.90 bits per heavy atom. The number of aliphatic imine (C=N–C) groups is 1. The summed E-state index contributed by atoms with van der Waals surface area (Å²) in [6.07, 6.45) is 1.06. The third-order valence-electron chi connectivity index (χ3n) is 5.03. The molecule has 1 unspecified atom stereocenters. The Balaban J connectivity index is 1.68. The molecule has 0 radical (unpaired) electrons. The Morgan fingerprint density at radius 3 is 2.52 bits per heavy atom. The highest BCUT2D eigenvalue weighted by molar-refractivity contribution is 5.79. The molecule has 29 heavy (non-hydrogen) atoms. The number of hydrogen-bond donors (Lipinski definition) is 1.